The smallest absolute Gasteiger partial charge is 0.338 e. The van der Waals surface area contributed by atoms with E-state index in [0.29, 0.717) is 5.69 Å². The van der Waals surface area contributed by atoms with Crippen molar-refractivity contribution in [2.45, 2.75) is 50.1 Å². The first kappa shape index (κ1) is 27.0. The fourth-order valence-electron chi connectivity index (χ4n) is 4.04. The van der Waals surface area contributed by atoms with Crippen LogP contribution in [0, 0.1) is 0 Å². The van der Waals surface area contributed by atoms with E-state index >= 15 is 0 Å². The van der Waals surface area contributed by atoms with E-state index in [9.17, 15) is 19.5 Å². The number of halogens is 4. The molecule has 2 aromatic rings. The molecule has 0 spiro atoms. The maximum absolute atomic E-state index is 12.9. The lowest BCUT2D eigenvalue weighted by atomic mass is 9.98. The standard InChI is InChI=1S/C23H22Cl4N2O4S/c1-11-5-3-6-12(2)29(11)15(30)10-34-14-8-4-7-13(9-14)28-22(31)16-17(23(32)33)19(25)21(27)20(26)18(16)24/h4,7-9,11-12H,3,5-6,10H2,1-2H3,(H,28,31)(H,32,33)/t11-,12+. The fourth-order valence-corrected chi connectivity index (χ4v) is 5.88. The Morgan fingerprint density at radius 1 is 1.00 bits per heavy atom. The van der Waals surface area contributed by atoms with Crippen LogP contribution < -0.4 is 5.32 Å². The third-order valence-corrected chi connectivity index (χ3v) is 8.42. The van der Waals surface area contributed by atoms with E-state index in [1.54, 1.807) is 18.2 Å². The van der Waals surface area contributed by atoms with E-state index < -0.39 is 23.0 Å². The minimum absolute atomic E-state index is 0.0717. The van der Waals surface area contributed by atoms with Gasteiger partial charge in [0.25, 0.3) is 5.91 Å². The Morgan fingerprint density at radius 3 is 2.18 bits per heavy atom. The van der Waals surface area contributed by atoms with Gasteiger partial charge in [0, 0.05) is 22.7 Å². The van der Waals surface area contributed by atoms with E-state index in [1.807, 2.05) is 11.0 Å². The van der Waals surface area contributed by atoms with Crippen molar-refractivity contribution in [2.75, 3.05) is 11.1 Å². The minimum Gasteiger partial charge on any atom is -0.478 e. The highest BCUT2D eigenvalue weighted by molar-refractivity contribution is 8.00. The third kappa shape index (κ3) is 5.77. The molecule has 2 atom stereocenters. The van der Waals surface area contributed by atoms with Gasteiger partial charge in [0.1, 0.15) is 0 Å². The number of rotatable bonds is 6. The van der Waals surface area contributed by atoms with Gasteiger partial charge in [0.05, 0.1) is 37.0 Å². The molecule has 1 aliphatic heterocycles. The molecule has 2 N–H and O–H groups in total. The van der Waals surface area contributed by atoms with E-state index in [4.69, 9.17) is 46.4 Å². The second-order valence-corrected chi connectivity index (χ2v) is 10.6. The van der Waals surface area contributed by atoms with Crippen LogP contribution in [0.4, 0.5) is 5.69 Å². The number of anilines is 1. The second kappa shape index (κ2) is 11.4. The number of hydrogen-bond acceptors (Lipinski definition) is 4. The van der Waals surface area contributed by atoms with Gasteiger partial charge in [-0.2, -0.15) is 0 Å². The van der Waals surface area contributed by atoms with Gasteiger partial charge in [0.2, 0.25) is 5.91 Å². The first-order valence-corrected chi connectivity index (χ1v) is 13.0. The van der Waals surface area contributed by atoms with Crippen molar-refractivity contribution in [3.05, 3.63) is 55.5 Å². The number of thioether (sulfide) groups is 1. The van der Waals surface area contributed by atoms with Gasteiger partial charge in [-0.25, -0.2) is 4.79 Å². The number of piperidine rings is 1. The van der Waals surface area contributed by atoms with E-state index in [2.05, 4.69) is 19.2 Å². The average Bonchev–Trinajstić information content (AvgIpc) is 2.78. The zero-order chi connectivity index (χ0) is 25.2. The lowest BCUT2D eigenvalue weighted by Gasteiger charge is -2.39. The van der Waals surface area contributed by atoms with Crippen molar-refractivity contribution < 1.29 is 19.5 Å². The van der Waals surface area contributed by atoms with Gasteiger partial charge >= 0.3 is 5.97 Å². The summed E-state index contributed by atoms with van der Waals surface area (Å²) in [6.45, 7) is 4.14. The summed E-state index contributed by atoms with van der Waals surface area (Å²) < 4.78 is 0. The number of aromatic carboxylic acids is 1. The van der Waals surface area contributed by atoms with E-state index in [1.165, 1.54) is 11.8 Å². The number of hydrogen-bond donors (Lipinski definition) is 2. The molecule has 1 saturated heterocycles. The Morgan fingerprint density at radius 2 is 1.59 bits per heavy atom. The summed E-state index contributed by atoms with van der Waals surface area (Å²) in [6.07, 6.45) is 3.13. The number of nitrogens with one attached hydrogen (secondary N) is 1. The van der Waals surface area contributed by atoms with Crippen molar-refractivity contribution in [2.24, 2.45) is 0 Å². The highest BCUT2D eigenvalue weighted by Gasteiger charge is 2.30. The largest absolute Gasteiger partial charge is 0.478 e. The van der Waals surface area contributed by atoms with Crippen LogP contribution in [0.2, 0.25) is 20.1 Å². The molecule has 182 valence electrons. The molecular formula is C23H22Cl4N2O4S. The predicted octanol–water partition coefficient (Wildman–Crippen LogP) is 7.13. The fraction of sp³-hybridized carbons (Fsp3) is 0.348. The first-order chi connectivity index (χ1) is 16.0. The zero-order valence-electron chi connectivity index (χ0n) is 18.3. The lowest BCUT2D eigenvalue weighted by Crippen LogP contribution is -2.48. The average molecular weight is 564 g/mol. The zero-order valence-corrected chi connectivity index (χ0v) is 22.2. The Kier molecular flexibility index (Phi) is 9.04. The monoisotopic (exact) mass is 562 g/mol. The van der Waals surface area contributed by atoms with Crippen molar-refractivity contribution in [1.82, 2.24) is 4.90 Å². The number of amides is 2. The second-order valence-electron chi connectivity index (χ2n) is 8.01. The molecule has 1 fully saturated rings. The number of carboxylic acid groups (broad SMARTS) is 1. The molecule has 0 unspecified atom stereocenters. The predicted molar refractivity (Wildman–Crippen MR) is 138 cm³/mol. The molecule has 11 heteroatoms. The van der Waals surface area contributed by atoms with Crippen molar-refractivity contribution in [1.29, 1.82) is 0 Å². The Balaban J connectivity index is 1.77. The van der Waals surface area contributed by atoms with Gasteiger partial charge in [-0.05, 0) is 51.3 Å². The Bertz CT molecular complexity index is 1130. The number of carbonyl (C=O) groups is 3. The normalized spacial score (nSPS) is 18.0. The molecule has 0 radical (unpaired) electrons. The molecule has 0 aromatic heterocycles. The number of carbonyl (C=O) groups excluding carboxylic acids is 2. The molecule has 0 aliphatic carbocycles. The summed E-state index contributed by atoms with van der Waals surface area (Å²) in [5.74, 6) is -1.94. The van der Waals surface area contributed by atoms with Crippen molar-refractivity contribution >= 4 is 81.6 Å². The Hall–Kier alpha value is -1.64. The summed E-state index contributed by atoms with van der Waals surface area (Å²) in [5.41, 5.74) is -0.550. The highest BCUT2D eigenvalue weighted by atomic mass is 35.5. The molecule has 0 bridgehead atoms. The summed E-state index contributed by atoms with van der Waals surface area (Å²) in [6, 6.07) is 7.29. The minimum atomic E-state index is -1.47. The number of carboxylic acids is 1. The van der Waals surface area contributed by atoms with Crippen LogP contribution in [0.25, 0.3) is 0 Å². The van der Waals surface area contributed by atoms with Crippen molar-refractivity contribution in [3.63, 3.8) is 0 Å². The maximum atomic E-state index is 12.9. The van der Waals surface area contributed by atoms with Crippen LogP contribution in [0.5, 0.6) is 0 Å². The molecule has 2 amide bonds. The van der Waals surface area contributed by atoms with Crippen LogP contribution in [-0.4, -0.2) is 45.6 Å². The van der Waals surface area contributed by atoms with Gasteiger partial charge in [0.15, 0.2) is 0 Å². The number of benzene rings is 2. The van der Waals surface area contributed by atoms with Crippen LogP contribution in [0.1, 0.15) is 53.8 Å². The molecule has 1 aliphatic rings. The molecule has 3 rings (SSSR count). The van der Waals surface area contributed by atoms with Crippen molar-refractivity contribution in [3.8, 4) is 0 Å². The summed E-state index contributed by atoms with van der Waals surface area (Å²) >= 11 is 25.5. The molecule has 34 heavy (non-hydrogen) atoms. The van der Waals surface area contributed by atoms with Crippen LogP contribution in [0.15, 0.2) is 29.2 Å². The molecular weight excluding hydrogens is 542 g/mol. The number of likely N-dealkylation sites (tertiary alicyclic amines) is 1. The third-order valence-electron chi connectivity index (χ3n) is 5.64. The SMILES string of the molecule is C[C@@H]1CCC[C@H](C)N1C(=O)CSc1cccc(NC(=O)c2c(Cl)c(Cl)c(Cl)c(Cl)c2C(=O)O)c1. The van der Waals surface area contributed by atoms with E-state index in [-0.39, 0.29) is 43.8 Å². The highest BCUT2D eigenvalue weighted by Crippen LogP contribution is 2.42. The number of nitrogens with zero attached hydrogens (tertiary/aromatic N) is 1. The van der Waals surface area contributed by atoms with Gasteiger partial charge in [-0.15, -0.1) is 11.8 Å². The van der Waals surface area contributed by atoms with Gasteiger partial charge in [-0.3, -0.25) is 9.59 Å². The molecule has 6 nitrogen and oxygen atoms in total. The van der Waals surface area contributed by atoms with Crippen LogP contribution >= 0.6 is 58.2 Å². The quantitative estimate of drug-likeness (QED) is 0.222. The van der Waals surface area contributed by atoms with Gasteiger partial charge in [-0.1, -0.05) is 52.5 Å². The van der Waals surface area contributed by atoms with Gasteiger partial charge < -0.3 is 15.3 Å². The van der Waals surface area contributed by atoms with E-state index in [0.717, 1.165) is 24.2 Å². The first-order valence-electron chi connectivity index (χ1n) is 10.5. The Labute approximate surface area is 221 Å². The lowest BCUT2D eigenvalue weighted by molar-refractivity contribution is -0.134. The van der Waals surface area contributed by atoms with Crippen LogP contribution in [0.3, 0.4) is 0 Å². The summed E-state index contributed by atoms with van der Waals surface area (Å²) in [7, 11) is 0. The molecule has 0 saturated carbocycles. The topological polar surface area (TPSA) is 86.7 Å². The molecule has 2 aromatic carbocycles. The maximum Gasteiger partial charge on any atom is 0.338 e. The summed E-state index contributed by atoms with van der Waals surface area (Å²) in [5, 5.41) is 11.0. The van der Waals surface area contributed by atoms with Crippen LogP contribution in [-0.2, 0) is 4.79 Å². The summed E-state index contributed by atoms with van der Waals surface area (Å²) in [4.78, 5) is 40.2. The molecule has 1 heterocycles.